The zero-order chi connectivity index (χ0) is 14.8. The van der Waals surface area contributed by atoms with Crippen molar-refractivity contribution in [2.24, 2.45) is 0 Å². The minimum Gasteiger partial charge on any atom is -0.338 e. The Morgan fingerprint density at radius 1 is 1.05 bits per heavy atom. The molecule has 0 aliphatic heterocycles. The first-order chi connectivity index (χ1) is 10.2. The predicted octanol–water partition coefficient (Wildman–Crippen LogP) is 3.61. The Morgan fingerprint density at radius 3 is 2.57 bits per heavy atom. The molecule has 0 fully saturated rings. The third-order valence-electron chi connectivity index (χ3n) is 3.85. The summed E-state index contributed by atoms with van der Waals surface area (Å²) in [5.74, 6) is 0.0696. The fourth-order valence-electron chi connectivity index (χ4n) is 2.56. The van der Waals surface area contributed by atoms with Crippen molar-refractivity contribution in [1.82, 2.24) is 4.57 Å². The number of nitrogens with zero attached hydrogens (tertiary/aromatic N) is 2. The van der Waals surface area contributed by atoms with E-state index in [1.54, 1.807) is 4.90 Å². The Hall–Kier alpha value is -2.55. The molecule has 0 bridgehead atoms. The Bertz CT molecular complexity index is 774. The van der Waals surface area contributed by atoms with Crippen LogP contribution < -0.4 is 4.90 Å². The summed E-state index contributed by atoms with van der Waals surface area (Å²) in [6.07, 6.45) is 1.98. The summed E-state index contributed by atoms with van der Waals surface area (Å²) in [6.45, 7) is 2.43. The van der Waals surface area contributed by atoms with E-state index in [9.17, 15) is 4.79 Å². The number of benzene rings is 2. The number of likely N-dealkylation sites (N-methyl/N-ethyl adjacent to an activating group) is 1. The van der Waals surface area contributed by atoms with Gasteiger partial charge in [-0.05, 0) is 36.8 Å². The number of hydrogen-bond acceptors (Lipinski definition) is 1. The number of rotatable bonds is 3. The number of amides is 1. The summed E-state index contributed by atoms with van der Waals surface area (Å²) >= 11 is 0. The Kier molecular flexibility index (Phi) is 3.48. The molecule has 2 aromatic carbocycles. The number of para-hydroxylation sites is 1. The van der Waals surface area contributed by atoms with Crippen molar-refractivity contribution in [3.8, 4) is 0 Å². The number of aryl methyl sites for hydroxylation is 1. The van der Waals surface area contributed by atoms with E-state index >= 15 is 0 Å². The molecule has 1 aromatic heterocycles. The third-order valence-corrected chi connectivity index (χ3v) is 3.85. The maximum Gasteiger partial charge on any atom is 0.246 e. The molecular weight excluding hydrogens is 260 g/mol. The predicted molar refractivity (Wildman–Crippen MR) is 86.5 cm³/mol. The standard InChI is InChI=1S/C18H18N2O/c1-14-7-6-10-17-16(14)11-12-20(17)13-18(21)19(2)15-8-4-3-5-9-15/h3-12H,13H2,1-2H3. The summed E-state index contributed by atoms with van der Waals surface area (Å²) in [6, 6.07) is 17.9. The number of anilines is 1. The van der Waals surface area contributed by atoms with E-state index in [1.165, 1.54) is 10.9 Å². The highest BCUT2D eigenvalue weighted by Gasteiger charge is 2.12. The van der Waals surface area contributed by atoms with E-state index in [0.29, 0.717) is 6.54 Å². The van der Waals surface area contributed by atoms with Gasteiger partial charge in [-0.1, -0.05) is 30.3 Å². The van der Waals surface area contributed by atoms with Gasteiger partial charge in [0.2, 0.25) is 5.91 Å². The van der Waals surface area contributed by atoms with Gasteiger partial charge in [-0.15, -0.1) is 0 Å². The first-order valence-electron chi connectivity index (χ1n) is 7.03. The molecule has 1 heterocycles. The molecule has 0 saturated heterocycles. The van der Waals surface area contributed by atoms with E-state index in [4.69, 9.17) is 0 Å². The first kappa shape index (κ1) is 13.4. The fraction of sp³-hybridized carbons (Fsp3) is 0.167. The first-order valence-corrected chi connectivity index (χ1v) is 7.03. The van der Waals surface area contributed by atoms with Crippen molar-refractivity contribution < 1.29 is 4.79 Å². The molecule has 0 aliphatic carbocycles. The van der Waals surface area contributed by atoms with E-state index < -0.39 is 0 Å². The lowest BCUT2D eigenvalue weighted by Gasteiger charge is -2.18. The average Bonchev–Trinajstić information content (AvgIpc) is 2.92. The van der Waals surface area contributed by atoms with E-state index in [2.05, 4.69) is 25.1 Å². The van der Waals surface area contributed by atoms with Crippen LogP contribution in [0.3, 0.4) is 0 Å². The highest BCUT2D eigenvalue weighted by atomic mass is 16.2. The zero-order valence-corrected chi connectivity index (χ0v) is 12.3. The number of hydrogen-bond donors (Lipinski definition) is 0. The maximum atomic E-state index is 12.4. The lowest BCUT2D eigenvalue weighted by atomic mass is 10.1. The van der Waals surface area contributed by atoms with Crippen LogP contribution in [0.5, 0.6) is 0 Å². The van der Waals surface area contributed by atoms with Crippen molar-refractivity contribution >= 4 is 22.5 Å². The van der Waals surface area contributed by atoms with Gasteiger partial charge < -0.3 is 9.47 Å². The minimum absolute atomic E-state index is 0.0696. The van der Waals surface area contributed by atoms with Crippen LogP contribution in [0.15, 0.2) is 60.8 Å². The van der Waals surface area contributed by atoms with Crippen LogP contribution >= 0.6 is 0 Å². The van der Waals surface area contributed by atoms with Crippen molar-refractivity contribution in [3.63, 3.8) is 0 Å². The van der Waals surface area contributed by atoms with Gasteiger partial charge >= 0.3 is 0 Å². The lowest BCUT2D eigenvalue weighted by Crippen LogP contribution is -2.29. The van der Waals surface area contributed by atoms with Gasteiger partial charge in [0.1, 0.15) is 6.54 Å². The molecule has 3 aromatic rings. The van der Waals surface area contributed by atoms with E-state index in [-0.39, 0.29) is 5.91 Å². The van der Waals surface area contributed by atoms with Gasteiger partial charge in [0.25, 0.3) is 0 Å². The van der Waals surface area contributed by atoms with Crippen LogP contribution in [0.2, 0.25) is 0 Å². The Labute approximate surface area is 124 Å². The van der Waals surface area contributed by atoms with Crippen molar-refractivity contribution in [1.29, 1.82) is 0 Å². The van der Waals surface area contributed by atoms with Crippen LogP contribution in [0.4, 0.5) is 5.69 Å². The molecule has 3 heteroatoms. The van der Waals surface area contributed by atoms with Gasteiger partial charge in [0, 0.05) is 29.8 Å². The van der Waals surface area contributed by atoms with Crippen molar-refractivity contribution in [2.45, 2.75) is 13.5 Å². The van der Waals surface area contributed by atoms with Crippen LogP contribution in [0.25, 0.3) is 10.9 Å². The molecule has 1 amide bonds. The van der Waals surface area contributed by atoms with Gasteiger partial charge in [-0.3, -0.25) is 4.79 Å². The number of fused-ring (bicyclic) bond motifs is 1. The largest absolute Gasteiger partial charge is 0.338 e. The lowest BCUT2D eigenvalue weighted by molar-refractivity contribution is -0.118. The molecule has 0 aliphatic rings. The second-order valence-corrected chi connectivity index (χ2v) is 5.24. The maximum absolute atomic E-state index is 12.4. The minimum atomic E-state index is 0.0696. The molecule has 0 N–H and O–H groups in total. The number of carbonyl (C=O) groups is 1. The molecule has 0 unspecified atom stereocenters. The molecule has 0 atom stereocenters. The molecule has 3 nitrogen and oxygen atoms in total. The molecule has 0 spiro atoms. The van der Waals surface area contributed by atoms with Crippen LogP contribution in [0, 0.1) is 6.92 Å². The van der Waals surface area contributed by atoms with Crippen LogP contribution in [-0.4, -0.2) is 17.5 Å². The van der Waals surface area contributed by atoms with E-state index in [1.807, 2.05) is 54.2 Å². The second-order valence-electron chi connectivity index (χ2n) is 5.24. The fourth-order valence-corrected chi connectivity index (χ4v) is 2.56. The van der Waals surface area contributed by atoms with Gasteiger partial charge in [0.05, 0.1) is 0 Å². The zero-order valence-electron chi connectivity index (χ0n) is 12.3. The molecule has 0 radical (unpaired) electrons. The molecule has 0 saturated carbocycles. The Morgan fingerprint density at radius 2 is 1.81 bits per heavy atom. The van der Waals surface area contributed by atoms with Gasteiger partial charge in [-0.2, -0.15) is 0 Å². The third kappa shape index (κ3) is 2.55. The van der Waals surface area contributed by atoms with Gasteiger partial charge in [-0.25, -0.2) is 0 Å². The van der Waals surface area contributed by atoms with Crippen LogP contribution in [0.1, 0.15) is 5.56 Å². The SMILES string of the molecule is Cc1cccc2c1ccn2CC(=O)N(C)c1ccccc1. The highest BCUT2D eigenvalue weighted by molar-refractivity contribution is 5.94. The number of aromatic nitrogens is 1. The molecule has 106 valence electrons. The summed E-state index contributed by atoms with van der Waals surface area (Å²) in [5.41, 5.74) is 3.25. The smallest absolute Gasteiger partial charge is 0.246 e. The highest BCUT2D eigenvalue weighted by Crippen LogP contribution is 2.20. The van der Waals surface area contributed by atoms with Gasteiger partial charge in [0.15, 0.2) is 0 Å². The summed E-state index contributed by atoms with van der Waals surface area (Å²) in [5, 5.41) is 1.20. The molecular formula is C18H18N2O. The Balaban J connectivity index is 1.85. The summed E-state index contributed by atoms with van der Waals surface area (Å²) in [4.78, 5) is 14.1. The van der Waals surface area contributed by atoms with Crippen molar-refractivity contribution in [3.05, 3.63) is 66.4 Å². The topological polar surface area (TPSA) is 25.2 Å². The summed E-state index contributed by atoms with van der Waals surface area (Å²) in [7, 11) is 1.81. The second kappa shape index (κ2) is 5.44. The molecule has 21 heavy (non-hydrogen) atoms. The van der Waals surface area contributed by atoms with Crippen LogP contribution in [-0.2, 0) is 11.3 Å². The van der Waals surface area contributed by atoms with E-state index in [0.717, 1.165) is 11.2 Å². The molecule has 3 rings (SSSR count). The monoisotopic (exact) mass is 278 g/mol. The number of carbonyl (C=O) groups excluding carboxylic acids is 1. The quantitative estimate of drug-likeness (QED) is 0.718. The average molecular weight is 278 g/mol. The normalized spacial score (nSPS) is 10.8. The summed E-state index contributed by atoms with van der Waals surface area (Å²) < 4.78 is 2.00. The van der Waals surface area contributed by atoms with Crippen molar-refractivity contribution in [2.75, 3.05) is 11.9 Å².